The lowest BCUT2D eigenvalue weighted by atomic mass is 10.0. The van der Waals surface area contributed by atoms with Crippen molar-refractivity contribution in [3.8, 4) is 0 Å². The number of aliphatic carboxylic acids is 1. The highest BCUT2D eigenvalue weighted by molar-refractivity contribution is 7.80. The lowest BCUT2D eigenvalue weighted by Gasteiger charge is -2.22. The number of thiocarbonyl (C=S) groups is 1. The third-order valence-corrected chi connectivity index (χ3v) is 3.57. The Morgan fingerprint density at radius 2 is 1.61 bits per heavy atom. The lowest BCUT2D eigenvalue weighted by molar-refractivity contribution is -0.142. The SMILES string of the molecule is O=C(O)C(NC(=S)NCc1ccccc1)C(O)c1ccccc1. The second kappa shape index (κ2) is 8.26. The van der Waals surface area contributed by atoms with Crippen molar-refractivity contribution in [2.75, 3.05) is 0 Å². The predicted octanol–water partition coefficient (Wildman–Crippen LogP) is 1.84. The molecular formula is C17H18N2O3S. The molecule has 0 aliphatic carbocycles. The Balaban J connectivity index is 1.96. The van der Waals surface area contributed by atoms with Crippen LogP contribution < -0.4 is 10.6 Å². The standard InChI is InChI=1S/C17H18N2O3S/c20-15(13-9-5-2-6-10-13)14(16(21)22)19-17(23)18-11-12-7-3-1-4-8-12/h1-10,14-15,20H,11H2,(H,21,22)(H2,18,19,23). The van der Waals surface area contributed by atoms with Crippen LogP contribution in [0.4, 0.5) is 0 Å². The molecule has 0 heterocycles. The maximum Gasteiger partial charge on any atom is 0.329 e. The van der Waals surface area contributed by atoms with Crippen molar-refractivity contribution in [1.29, 1.82) is 0 Å². The van der Waals surface area contributed by atoms with Crippen molar-refractivity contribution in [3.05, 3.63) is 71.8 Å². The van der Waals surface area contributed by atoms with Gasteiger partial charge >= 0.3 is 5.97 Å². The smallest absolute Gasteiger partial charge is 0.329 e. The number of nitrogens with one attached hydrogen (secondary N) is 2. The zero-order valence-corrected chi connectivity index (χ0v) is 13.2. The van der Waals surface area contributed by atoms with Crippen LogP contribution in [-0.2, 0) is 11.3 Å². The first-order valence-corrected chi connectivity index (χ1v) is 7.53. The van der Waals surface area contributed by atoms with Crippen molar-refractivity contribution in [2.45, 2.75) is 18.7 Å². The van der Waals surface area contributed by atoms with Crippen LogP contribution in [0.15, 0.2) is 60.7 Å². The van der Waals surface area contributed by atoms with Crippen molar-refractivity contribution in [3.63, 3.8) is 0 Å². The molecule has 2 aromatic carbocycles. The lowest BCUT2D eigenvalue weighted by Crippen LogP contribution is -2.48. The fourth-order valence-electron chi connectivity index (χ4n) is 2.09. The number of aliphatic hydroxyl groups excluding tert-OH is 1. The molecule has 120 valence electrons. The number of hydrogen-bond acceptors (Lipinski definition) is 3. The van der Waals surface area contributed by atoms with Crippen LogP contribution in [0.25, 0.3) is 0 Å². The first kappa shape index (κ1) is 16.9. The molecule has 0 spiro atoms. The quantitative estimate of drug-likeness (QED) is 0.605. The molecule has 0 radical (unpaired) electrons. The number of carboxylic acids is 1. The summed E-state index contributed by atoms with van der Waals surface area (Å²) in [5, 5.41) is 25.4. The average Bonchev–Trinajstić information content (AvgIpc) is 2.58. The van der Waals surface area contributed by atoms with E-state index in [-0.39, 0.29) is 5.11 Å². The van der Waals surface area contributed by atoms with E-state index in [1.54, 1.807) is 30.3 Å². The van der Waals surface area contributed by atoms with Gasteiger partial charge in [-0.2, -0.15) is 0 Å². The molecular weight excluding hydrogens is 312 g/mol. The van der Waals surface area contributed by atoms with Gasteiger partial charge in [0.15, 0.2) is 11.2 Å². The zero-order chi connectivity index (χ0) is 16.7. The number of rotatable bonds is 6. The Labute approximate surface area is 140 Å². The minimum atomic E-state index is -1.23. The molecule has 23 heavy (non-hydrogen) atoms. The molecule has 0 aliphatic heterocycles. The third kappa shape index (κ3) is 5.05. The average molecular weight is 330 g/mol. The molecule has 4 N–H and O–H groups in total. The van der Waals surface area contributed by atoms with Crippen LogP contribution >= 0.6 is 12.2 Å². The molecule has 2 unspecified atom stereocenters. The van der Waals surface area contributed by atoms with Gasteiger partial charge in [-0.3, -0.25) is 0 Å². The van der Waals surface area contributed by atoms with E-state index in [1.807, 2.05) is 30.3 Å². The molecule has 0 aromatic heterocycles. The minimum absolute atomic E-state index is 0.177. The highest BCUT2D eigenvalue weighted by atomic mass is 32.1. The van der Waals surface area contributed by atoms with Crippen LogP contribution in [0, 0.1) is 0 Å². The molecule has 0 saturated heterocycles. The van der Waals surface area contributed by atoms with Gasteiger partial charge in [0, 0.05) is 6.54 Å². The van der Waals surface area contributed by atoms with E-state index in [0.29, 0.717) is 12.1 Å². The second-order valence-corrected chi connectivity index (χ2v) is 5.39. The fourth-order valence-corrected chi connectivity index (χ4v) is 2.29. The Morgan fingerprint density at radius 3 is 2.17 bits per heavy atom. The van der Waals surface area contributed by atoms with Gasteiger partial charge < -0.3 is 20.8 Å². The molecule has 5 nitrogen and oxygen atoms in total. The van der Waals surface area contributed by atoms with Gasteiger partial charge in [-0.15, -0.1) is 0 Å². The van der Waals surface area contributed by atoms with Gasteiger partial charge in [-0.1, -0.05) is 60.7 Å². The molecule has 2 rings (SSSR count). The van der Waals surface area contributed by atoms with Crippen LogP contribution in [0.5, 0.6) is 0 Å². The summed E-state index contributed by atoms with van der Waals surface area (Å²) in [6.45, 7) is 0.473. The molecule has 0 aliphatic rings. The second-order valence-electron chi connectivity index (χ2n) is 4.98. The summed E-state index contributed by atoms with van der Waals surface area (Å²) in [6.07, 6.45) is -1.20. The first-order valence-electron chi connectivity index (χ1n) is 7.12. The summed E-state index contributed by atoms with van der Waals surface area (Å²) >= 11 is 5.12. The summed E-state index contributed by atoms with van der Waals surface area (Å²) in [4.78, 5) is 11.4. The van der Waals surface area contributed by atoms with Gasteiger partial charge in [0.05, 0.1) is 0 Å². The predicted molar refractivity (Wildman–Crippen MR) is 91.8 cm³/mol. The van der Waals surface area contributed by atoms with E-state index >= 15 is 0 Å². The van der Waals surface area contributed by atoms with Gasteiger partial charge in [-0.25, -0.2) is 4.79 Å². The topological polar surface area (TPSA) is 81.6 Å². The summed E-state index contributed by atoms with van der Waals surface area (Å²) in [7, 11) is 0. The molecule has 0 amide bonds. The number of hydrogen-bond donors (Lipinski definition) is 4. The summed E-state index contributed by atoms with van der Waals surface area (Å²) in [5.74, 6) is -1.18. The Kier molecular flexibility index (Phi) is 6.08. The van der Waals surface area contributed by atoms with Crippen molar-refractivity contribution in [1.82, 2.24) is 10.6 Å². The fraction of sp³-hybridized carbons (Fsp3) is 0.176. The van der Waals surface area contributed by atoms with E-state index in [1.165, 1.54) is 0 Å². The number of carbonyl (C=O) groups is 1. The number of benzene rings is 2. The minimum Gasteiger partial charge on any atom is -0.480 e. The maximum atomic E-state index is 11.4. The maximum absolute atomic E-state index is 11.4. The van der Waals surface area contributed by atoms with Gasteiger partial charge in [0.1, 0.15) is 6.10 Å². The van der Waals surface area contributed by atoms with Crippen molar-refractivity contribution >= 4 is 23.3 Å². The molecule has 6 heteroatoms. The summed E-state index contributed by atoms with van der Waals surface area (Å²) < 4.78 is 0. The first-order chi connectivity index (χ1) is 11.1. The largest absolute Gasteiger partial charge is 0.480 e. The van der Waals surface area contributed by atoms with Crippen molar-refractivity contribution < 1.29 is 15.0 Å². The molecule has 2 atom stereocenters. The normalized spacial score (nSPS) is 12.9. The monoisotopic (exact) mass is 330 g/mol. The van der Waals surface area contributed by atoms with Crippen LogP contribution in [0.1, 0.15) is 17.2 Å². The third-order valence-electron chi connectivity index (χ3n) is 3.31. The Hall–Kier alpha value is -2.44. The Bertz CT molecular complexity index is 649. The molecule has 0 bridgehead atoms. The van der Waals surface area contributed by atoms with Gasteiger partial charge in [0.2, 0.25) is 0 Å². The molecule has 0 fully saturated rings. The molecule has 0 saturated carbocycles. The zero-order valence-electron chi connectivity index (χ0n) is 12.3. The van der Waals surface area contributed by atoms with Gasteiger partial charge in [-0.05, 0) is 23.3 Å². The van der Waals surface area contributed by atoms with E-state index in [4.69, 9.17) is 12.2 Å². The van der Waals surface area contributed by atoms with E-state index in [9.17, 15) is 15.0 Å². The van der Waals surface area contributed by atoms with Crippen LogP contribution in [-0.4, -0.2) is 27.3 Å². The van der Waals surface area contributed by atoms with E-state index < -0.39 is 18.1 Å². The van der Waals surface area contributed by atoms with Crippen molar-refractivity contribution in [2.24, 2.45) is 0 Å². The number of aliphatic hydroxyl groups is 1. The van der Waals surface area contributed by atoms with Gasteiger partial charge in [0.25, 0.3) is 0 Å². The summed E-state index contributed by atoms with van der Waals surface area (Å²) in [5.41, 5.74) is 1.53. The van der Waals surface area contributed by atoms with E-state index in [0.717, 1.165) is 5.56 Å². The van der Waals surface area contributed by atoms with Crippen LogP contribution in [0.2, 0.25) is 0 Å². The highest BCUT2D eigenvalue weighted by Gasteiger charge is 2.28. The summed E-state index contributed by atoms with van der Waals surface area (Å²) in [6, 6.07) is 17.0. The number of carboxylic acid groups (broad SMARTS) is 1. The molecule has 2 aromatic rings. The van der Waals surface area contributed by atoms with E-state index in [2.05, 4.69) is 10.6 Å². The van der Waals surface area contributed by atoms with Crippen LogP contribution in [0.3, 0.4) is 0 Å². The Morgan fingerprint density at radius 1 is 1.04 bits per heavy atom. The highest BCUT2D eigenvalue weighted by Crippen LogP contribution is 2.16.